The number of fused-ring (bicyclic) bond motifs is 1. The van der Waals surface area contributed by atoms with E-state index in [2.05, 4.69) is 49.4 Å². The maximum atomic E-state index is 12.9. The zero-order valence-electron chi connectivity index (χ0n) is 25.1. The van der Waals surface area contributed by atoms with Crippen molar-refractivity contribution in [2.24, 2.45) is 0 Å². The van der Waals surface area contributed by atoms with E-state index in [1.165, 1.54) is 11.1 Å². The molecule has 42 heavy (non-hydrogen) atoms. The average Bonchev–Trinajstić information content (AvgIpc) is 2.97. The smallest absolute Gasteiger partial charge is 0.410 e. The van der Waals surface area contributed by atoms with Crippen molar-refractivity contribution in [2.45, 2.75) is 66.7 Å². The molecule has 0 aliphatic carbocycles. The SMILES string of the molecule is Cc1ccc(-c2c(CC(=O)OC(C)C)c(C)nc(C)c2-c2ccc3c(c2)CCN(C(=O)OCc2ccccc2)C3)cc1. The minimum absolute atomic E-state index is 0.151. The van der Waals surface area contributed by atoms with E-state index in [0.717, 1.165) is 56.8 Å². The molecule has 1 aromatic heterocycles. The van der Waals surface area contributed by atoms with Gasteiger partial charge in [-0.05, 0) is 80.0 Å². The highest BCUT2D eigenvalue weighted by atomic mass is 16.6. The molecule has 0 saturated carbocycles. The molecular formula is C36H38N2O4. The second-order valence-electron chi connectivity index (χ2n) is 11.3. The van der Waals surface area contributed by atoms with E-state index >= 15 is 0 Å². The van der Waals surface area contributed by atoms with Gasteiger partial charge in [0.05, 0.1) is 12.5 Å². The molecule has 6 nitrogen and oxygen atoms in total. The zero-order chi connectivity index (χ0) is 29.8. The predicted octanol–water partition coefficient (Wildman–Crippen LogP) is 7.53. The van der Waals surface area contributed by atoms with Crippen LogP contribution in [0.2, 0.25) is 0 Å². The molecule has 5 rings (SSSR count). The summed E-state index contributed by atoms with van der Waals surface area (Å²) < 4.78 is 11.1. The number of aryl methyl sites for hydroxylation is 3. The van der Waals surface area contributed by atoms with E-state index in [4.69, 9.17) is 14.5 Å². The first-order valence-electron chi connectivity index (χ1n) is 14.5. The lowest BCUT2D eigenvalue weighted by Crippen LogP contribution is -2.36. The highest BCUT2D eigenvalue weighted by molar-refractivity contribution is 5.90. The van der Waals surface area contributed by atoms with Crippen LogP contribution in [0.3, 0.4) is 0 Å². The highest BCUT2D eigenvalue weighted by Gasteiger charge is 2.25. The standard InChI is InChI=1S/C36H38N2O4/c1-23(2)42-33(39)20-32-25(4)37-26(5)34(35(32)28-13-11-24(3)12-14-28)30-15-16-31-21-38(18-17-29(31)19-30)36(40)41-22-27-9-7-6-8-10-27/h6-16,19,23H,17-18,20-22H2,1-5H3. The summed E-state index contributed by atoms with van der Waals surface area (Å²) in [5.41, 5.74) is 11.2. The molecule has 0 unspecified atom stereocenters. The van der Waals surface area contributed by atoms with Crippen molar-refractivity contribution in [3.05, 3.63) is 112 Å². The minimum atomic E-state index is -0.299. The van der Waals surface area contributed by atoms with Gasteiger partial charge >= 0.3 is 12.1 Å². The fourth-order valence-corrected chi connectivity index (χ4v) is 5.62. The first-order valence-corrected chi connectivity index (χ1v) is 14.5. The van der Waals surface area contributed by atoms with Crippen LogP contribution in [-0.4, -0.2) is 34.6 Å². The molecule has 0 atom stereocenters. The normalized spacial score (nSPS) is 12.7. The number of rotatable bonds is 7. The van der Waals surface area contributed by atoms with E-state index in [1.54, 1.807) is 4.90 Å². The Balaban J connectivity index is 1.47. The van der Waals surface area contributed by atoms with E-state index in [1.807, 2.05) is 58.0 Å². The minimum Gasteiger partial charge on any atom is -0.463 e. The molecule has 0 radical (unpaired) electrons. The summed E-state index contributed by atoms with van der Waals surface area (Å²) in [5.74, 6) is -0.261. The lowest BCUT2D eigenvalue weighted by atomic mass is 9.86. The van der Waals surface area contributed by atoms with Gasteiger partial charge in [-0.2, -0.15) is 0 Å². The molecule has 4 aromatic rings. The number of aromatic nitrogens is 1. The Hall–Kier alpha value is -4.45. The Morgan fingerprint density at radius 3 is 2.29 bits per heavy atom. The van der Waals surface area contributed by atoms with Crippen LogP contribution >= 0.6 is 0 Å². The number of amides is 1. The number of carbonyl (C=O) groups excluding carboxylic acids is 2. The largest absolute Gasteiger partial charge is 0.463 e. The number of ether oxygens (including phenoxy) is 2. The second kappa shape index (κ2) is 12.6. The van der Waals surface area contributed by atoms with Crippen LogP contribution in [0, 0.1) is 20.8 Å². The van der Waals surface area contributed by atoms with Crippen molar-refractivity contribution < 1.29 is 19.1 Å². The quantitative estimate of drug-likeness (QED) is 0.218. The first-order chi connectivity index (χ1) is 20.2. The van der Waals surface area contributed by atoms with Gasteiger partial charge < -0.3 is 14.4 Å². The number of nitrogens with zero attached hydrogens (tertiary/aromatic N) is 2. The second-order valence-corrected chi connectivity index (χ2v) is 11.3. The van der Waals surface area contributed by atoms with Crippen LogP contribution < -0.4 is 0 Å². The fraction of sp³-hybridized carbons (Fsp3) is 0.306. The molecule has 1 amide bonds. The summed E-state index contributed by atoms with van der Waals surface area (Å²) >= 11 is 0. The van der Waals surface area contributed by atoms with Crippen molar-refractivity contribution in [2.75, 3.05) is 6.54 Å². The van der Waals surface area contributed by atoms with Crippen molar-refractivity contribution in [1.29, 1.82) is 0 Å². The lowest BCUT2D eigenvalue weighted by molar-refractivity contribution is -0.146. The number of carbonyl (C=O) groups is 2. The zero-order valence-corrected chi connectivity index (χ0v) is 25.1. The van der Waals surface area contributed by atoms with Gasteiger partial charge in [0, 0.05) is 30.0 Å². The van der Waals surface area contributed by atoms with Crippen LogP contribution in [0.15, 0.2) is 72.8 Å². The van der Waals surface area contributed by atoms with Crippen LogP contribution in [-0.2, 0) is 40.3 Å². The van der Waals surface area contributed by atoms with E-state index in [9.17, 15) is 9.59 Å². The molecule has 0 spiro atoms. The number of hydrogen-bond acceptors (Lipinski definition) is 5. The average molecular weight is 563 g/mol. The van der Waals surface area contributed by atoms with Crippen LogP contribution in [0.5, 0.6) is 0 Å². The van der Waals surface area contributed by atoms with E-state index in [0.29, 0.717) is 13.1 Å². The molecule has 216 valence electrons. The monoisotopic (exact) mass is 562 g/mol. The molecule has 2 heterocycles. The summed E-state index contributed by atoms with van der Waals surface area (Å²) in [7, 11) is 0. The molecular weight excluding hydrogens is 524 g/mol. The summed E-state index contributed by atoms with van der Waals surface area (Å²) in [6.45, 7) is 11.1. The first kappa shape index (κ1) is 29.1. The summed E-state index contributed by atoms with van der Waals surface area (Å²) in [6.07, 6.45) is 0.398. The van der Waals surface area contributed by atoms with Crippen LogP contribution in [0.25, 0.3) is 22.3 Å². The molecule has 0 saturated heterocycles. The molecule has 0 fully saturated rings. The van der Waals surface area contributed by atoms with Crippen molar-refractivity contribution in [1.82, 2.24) is 9.88 Å². The molecule has 1 aliphatic heterocycles. The number of hydrogen-bond donors (Lipinski definition) is 0. The third-order valence-electron chi connectivity index (χ3n) is 7.68. The Bertz CT molecular complexity index is 1590. The predicted molar refractivity (Wildman–Crippen MR) is 165 cm³/mol. The van der Waals surface area contributed by atoms with Gasteiger partial charge in [-0.25, -0.2) is 4.79 Å². The topological polar surface area (TPSA) is 68.7 Å². The maximum absolute atomic E-state index is 12.9. The molecule has 0 N–H and O–H groups in total. The van der Waals surface area contributed by atoms with Crippen LogP contribution in [0.1, 0.15) is 53.1 Å². The number of esters is 1. The lowest BCUT2D eigenvalue weighted by Gasteiger charge is -2.29. The maximum Gasteiger partial charge on any atom is 0.410 e. The van der Waals surface area contributed by atoms with Crippen molar-refractivity contribution in [3.63, 3.8) is 0 Å². The molecule has 6 heteroatoms. The van der Waals surface area contributed by atoms with E-state index in [-0.39, 0.29) is 31.2 Å². The van der Waals surface area contributed by atoms with Crippen LogP contribution in [0.4, 0.5) is 4.79 Å². The van der Waals surface area contributed by atoms with Crippen molar-refractivity contribution in [3.8, 4) is 22.3 Å². The van der Waals surface area contributed by atoms with Crippen molar-refractivity contribution >= 4 is 12.1 Å². The van der Waals surface area contributed by atoms with E-state index < -0.39 is 0 Å². The Kier molecular flexibility index (Phi) is 8.72. The number of benzene rings is 3. The van der Waals surface area contributed by atoms with Gasteiger partial charge in [0.1, 0.15) is 6.61 Å². The third-order valence-corrected chi connectivity index (χ3v) is 7.68. The van der Waals surface area contributed by atoms with Gasteiger partial charge in [0.25, 0.3) is 0 Å². The van der Waals surface area contributed by atoms with Gasteiger partial charge in [0.2, 0.25) is 0 Å². The van der Waals surface area contributed by atoms with Gasteiger partial charge in [-0.1, -0.05) is 78.4 Å². The van der Waals surface area contributed by atoms with Gasteiger partial charge in [-0.15, -0.1) is 0 Å². The Morgan fingerprint density at radius 2 is 1.57 bits per heavy atom. The third kappa shape index (κ3) is 6.54. The Morgan fingerprint density at radius 1 is 0.857 bits per heavy atom. The Labute approximate surface area is 248 Å². The molecule has 0 bridgehead atoms. The molecule has 3 aromatic carbocycles. The molecule has 1 aliphatic rings. The van der Waals surface area contributed by atoms with Gasteiger partial charge in [0.15, 0.2) is 0 Å². The summed E-state index contributed by atoms with van der Waals surface area (Å²) in [5, 5.41) is 0. The highest BCUT2D eigenvalue weighted by Crippen LogP contribution is 2.40. The number of pyridine rings is 1. The summed E-state index contributed by atoms with van der Waals surface area (Å²) in [6, 6.07) is 24.6. The summed E-state index contributed by atoms with van der Waals surface area (Å²) in [4.78, 5) is 32.3. The van der Waals surface area contributed by atoms with Gasteiger partial charge in [-0.3, -0.25) is 9.78 Å². The fourth-order valence-electron chi connectivity index (χ4n) is 5.62.